The van der Waals surface area contributed by atoms with Crippen molar-refractivity contribution in [2.75, 3.05) is 6.61 Å². The Morgan fingerprint density at radius 1 is 1.25 bits per heavy atom. The molecule has 0 radical (unpaired) electrons. The number of fused-ring (bicyclic) bond motifs is 1. The molecule has 0 bridgehead atoms. The number of rotatable bonds is 3. The maximum atomic E-state index is 10.8. The Morgan fingerprint density at radius 2 is 1.88 bits per heavy atom. The fraction of sp³-hybridized carbons (Fsp3) is 0.250. The van der Waals surface area contributed by atoms with Crippen molar-refractivity contribution in [3.05, 3.63) is 30.0 Å². The van der Waals surface area contributed by atoms with Gasteiger partial charge in [0.25, 0.3) is 0 Å². The van der Waals surface area contributed by atoms with Crippen LogP contribution in [0.15, 0.2) is 24.3 Å². The van der Waals surface area contributed by atoms with Crippen LogP contribution in [0.5, 0.6) is 5.88 Å². The minimum atomic E-state index is -0.0330. The minimum Gasteiger partial charge on any atom is -0.468 e. The summed E-state index contributed by atoms with van der Waals surface area (Å²) in [6.07, 6.45) is 0. The van der Waals surface area contributed by atoms with E-state index in [1.54, 1.807) is 0 Å². The average Bonchev–Trinajstić information content (AvgIpc) is 2.26. The highest BCUT2D eigenvalue weighted by molar-refractivity contribution is 5.77. The highest BCUT2D eigenvalue weighted by atomic mass is 16.5. The lowest BCUT2D eigenvalue weighted by Gasteiger charge is -2.06. The van der Waals surface area contributed by atoms with Gasteiger partial charge >= 0.3 is 0 Å². The molecule has 0 N–H and O–H groups in total. The van der Waals surface area contributed by atoms with Crippen LogP contribution in [0.2, 0.25) is 0 Å². The molecular formula is C12H12N2O2. The number of para-hydroxylation sites is 2. The van der Waals surface area contributed by atoms with Crippen molar-refractivity contribution in [1.29, 1.82) is 0 Å². The summed E-state index contributed by atoms with van der Waals surface area (Å²) in [6.45, 7) is 3.33. The Hall–Kier alpha value is -1.97. The molecule has 0 saturated heterocycles. The lowest BCUT2D eigenvalue weighted by Crippen LogP contribution is -2.09. The zero-order valence-corrected chi connectivity index (χ0v) is 9.23. The highest BCUT2D eigenvalue weighted by Crippen LogP contribution is 2.17. The summed E-state index contributed by atoms with van der Waals surface area (Å²) < 4.78 is 5.28. The zero-order valence-electron chi connectivity index (χ0n) is 9.23. The van der Waals surface area contributed by atoms with Gasteiger partial charge in [0.1, 0.15) is 12.3 Å². The monoisotopic (exact) mass is 216 g/mol. The van der Waals surface area contributed by atoms with Crippen molar-refractivity contribution in [1.82, 2.24) is 9.97 Å². The lowest BCUT2D eigenvalue weighted by molar-refractivity contribution is -0.119. The number of hydrogen-bond acceptors (Lipinski definition) is 4. The Bertz CT molecular complexity index is 538. The van der Waals surface area contributed by atoms with E-state index in [0.717, 1.165) is 11.0 Å². The number of benzene rings is 1. The number of aromatic nitrogens is 2. The van der Waals surface area contributed by atoms with Crippen LogP contribution < -0.4 is 4.74 Å². The SMILES string of the molecule is CC(=O)COc1nc2ccccc2nc1C. The molecule has 1 aromatic carbocycles. The summed E-state index contributed by atoms with van der Waals surface area (Å²) in [6, 6.07) is 7.56. The highest BCUT2D eigenvalue weighted by Gasteiger charge is 2.06. The molecule has 0 saturated carbocycles. The van der Waals surface area contributed by atoms with Crippen LogP contribution >= 0.6 is 0 Å². The van der Waals surface area contributed by atoms with Crippen LogP contribution in [0.3, 0.4) is 0 Å². The van der Waals surface area contributed by atoms with Gasteiger partial charge in [0.05, 0.1) is 11.0 Å². The molecule has 0 unspecified atom stereocenters. The third-order valence-electron chi connectivity index (χ3n) is 2.11. The van der Waals surface area contributed by atoms with Crippen LogP contribution in [-0.2, 0) is 4.79 Å². The van der Waals surface area contributed by atoms with Crippen LogP contribution in [0, 0.1) is 6.92 Å². The van der Waals surface area contributed by atoms with Crippen LogP contribution in [-0.4, -0.2) is 22.4 Å². The van der Waals surface area contributed by atoms with Gasteiger partial charge < -0.3 is 4.74 Å². The number of carbonyl (C=O) groups is 1. The average molecular weight is 216 g/mol. The van der Waals surface area contributed by atoms with E-state index >= 15 is 0 Å². The van der Waals surface area contributed by atoms with Crippen LogP contribution in [0.4, 0.5) is 0 Å². The standard InChI is InChI=1S/C12H12N2O2/c1-8(15)7-16-12-9(2)13-10-5-3-4-6-11(10)14-12/h3-6H,7H2,1-2H3. The van der Waals surface area contributed by atoms with Crippen molar-refractivity contribution < 1.29 is 9.53 Å². The van der Waals surface area contributed by atoms with E-state index < -0.39 is 0 Å². The van der Waals surface area contributed by atoms with Gasteiger partial charge in [0.2, 0.25) is 5.88 Å². The first-order valence-electron chi connectivity index (χ1n) is 5.02. The minimum absolute atomic E-state index is 0.0330. The topological polar surface area (TPSA) is 52.1 Å². The summed E-state index contributed by atoms with van der Waals surface area (Å²) in [5.74, 6) is 0.392. The maximum Gasteiger partial charge on any atom is 0.236 e. The molecule has 1 aromatic heterocycles. The van der Waals surface area contributed by atoms with E-state index in [4.69, 9.17) is 4.74 Å². The van der Waals surface area contributed by atoms with Crippen molar-refractivity contribution in [2.24, 2.45) is 0 Å². The van der Waals surface area contributed by atoms with Gasteiger partial charge in [-0.3, -0.25) is 4.79 Å². The molecule has 16 heavy (non-hydrogen) atoms. The largest absolute Gasteiger partial charge is 0.468 e. The Morgan fingerprint density at radius 3 is 2.50 bits per heavy atom. The second-order valence-electron chi connectivity index (χ2n) is 3.59. The van der Waals surface area contributed by atoms with Gasteiger partial charge in [0.15, 0.2) is 5.78 Å². The van der Waals surface area contributed by atoms with E-state index in [1.807, 2.05) is 31.2 Å². The summed E-state index contributed by atoms with van der Waals surface area (Å²) in [5.41, 5.74) is 2.29. The van der Waals surface area contributed by atoms with Crippen LogP contribution in [0.25, 0.3) is 11.0 Å². The van der Waals surface area contributed by atoms with Gasteiger partial charge in [0, 0.05) is 0 Å². The molecule has 0 fully saturated rings. The quantitative estimate of drug-likeness (QED) is 0.786. The fourth-order valence-corrected chi connectivity index (χ4v) is 1.38. The first-order chi connectivity index (χ1) is 7.66. The van der Waals surface area contributed by atoms with Gasteiger partial charge in [-0.15, -0.1) is 0 Å². The molecule has 0 aliphatic rings. The van der Waals surface area contributed by atoms with Gasteiger partial charge in [-0.05, 0) is 26.0 Å². The number of hydrogen-bond donors (Lipinski definition) is 0. The Balaban J connectivity index is 2.38. The summed E-state index contributed by atoms with van der Waals surface area (Å²) in [4.78, 5) is 19.5. The predicted octanol–water partition coefficient (Wildman–Crippen LogP) is 1.91. The van der Waals surface area contributed by atoms with E-state index in [2.05, 4.69) is 9.97 Å². The normalized spacial score (nSPS) is 10.4. The fourth-order valence-electron chi connectivity index (χ4n) is 1.38. The lowest BCUT2D eigenvalue weighted by atomic mass is 10.3. The van der Waals surface area contributed by atoms with Crippen molar-refractivity contribution in [3.63, 3.8) is 0 Å². The molecule has 0 aliphatic heterocycles. The van der Waals surface area contributed by atoms with Crippen molar-refractivity contribution in [2.45, 2.75) is 13.8 Å². The van der Waals surface area contributed by atoms with Gasteiger partial charge in [-0.2, -0.15) is 0 Å². The second-order valence-corrected chi connectivity index (χ2v) is 3.59. The van der Waals surface area contributed by atoms with Crippen molar-refractivity contribution >= 4 is 16.8 Å². The Labute approximate surface area is 93.3 Å². The van der Waals surface area contributed by atoms with E-state index in [9.17, 15) is 4.79 Å². The van der Waals surface area contributed by atoms with E-state index in [0.29, 0.717) is 11.6 Å². The number of nitrogens with zero attached hydrogens (tertiary/aromatic N) is 2. The first-order valence-corrected chi connectivity index (χ1v) is 5.02. The Kier molecular flexibility index (Phi) is 2.81. The number of ketones is 1. The maximum absolute atomic E-state index is 10.8. The molecule has 0 atom stereocenters. The molecule has 4 heteroatoms. The molecule has 0 amide bonds. The molecule has 2 aromatic rings. The number of carbonyl (C=O) groups excluding carboxylic acids is 1. The van der Waals surface area contributed by atoms with E-state index in [1.165, 1.54) is 6.92 Å². The number of Topliss-reactive ketones (excluding diaryl/α,β-unsaturated/α-hetero) is 1. The molecule has 0 aliphatic carbocycles. The molecular weight excluding hydrogens is 204 g/mol. The third-order valence-corrected chi connectivity index (χ3v) is 2.11. The second kappa shape index (κ2) is 4.26. The smallest absolute Gasteiger partial charge is 0.236 e. The predicted molar refractivity (Wildman–Crippen MR) is 60.5 cm³/mol. The summed E-state index contributed by atoms with van der Waals surface area (Å²) in [7, 11) is 0. The molecule has 4 nitrogen and oxygen atoms in total. The van der Waals surface area contributed by atoms with Gasteiger partial charge in [-0.1, -0.05) is 12.1 Å². The molecule has 82 valence electrons. The third kappa shape index (κ3) is 2.16. The van der Waals surface area contributed by atoms with Crippen LogP contribution in [0.1, 0.15) is 12.6 Å². The first kappa shape index (κ1) is 10.5. The van der Waals surface area contributed by atoms with Crippen molar-refractivity contribution in [3.8, 4) is 5.88 Å². The zero-order chi connectivity index (χ0) is 11.5. The molecule has 1 heterocycles. The summed E-state index contributed by atoms with van der Waals surface area (Å²) in [5, 5.41) is 0. The molecule has 2 rings (SSSR count). The van der Waals surface area contributed by atoms with E-state index in [-0.39, 0.29) is 12.4 Å². The molecule has 0 spiro atoms. The number of aryl methyl sites for hydroxylation is 1. The van der Waals surface area contributed by atoms with Gasteiger partial charge in [-0.25, -0.2) is 9.97 Å². The number of ether oxygens (including phenoxy) is 1. The summed E-state index contributed by atoms with van der Waals surface area (Å²) >= 11 is 0.